The number of allylic oxidation sites excluding steroid dienone is 3. The lowest BCUT2D eigenvalue weighted by molar-refractivity contribution is -0.384. The number of carbonyl (C=O) groups is 2. The minimum absolute atomic E-state index is 0.0884. The quantitative estimate of drug-likeness (QED) is 0.318. The van der Waals surface area contributed by atoms with Crippen molar-refractivity contribution >= 4 is 17.4 Å². The molecule has 2 aromatic carbocycles. The number of hydrogen-bond donors (Lipinski definition) is 1. The Kier molecular flexibility index (Phi) is 6.82. The normalized spacial score (nSPS) is 21.9. The SMILES string of the molecule is COc1ccccc1[C@H]1CC(=O)C2=C(C1)NC(C)=C(C(=O)OC1CCCC1)[C@H]2c1cccc([N+](=O)[O-])c1. The number of nitrogens with zero attached hydrogens (tertiary/aromatic N) is 1. The van der Waals surface area contributed by atoms with E-state index in [0.717, 1.165) is 42.7 Å². The minimum Gasteiger partial charge on any atom is -0.496 e. The number of benzene rings is 2. The van der Waals surface area contributed by atoms with Gasteiger partial charge in [-0.15, -0.1) is 0 Å². The summed E-state index contributed by atoms with van der Waals surface area (Å²) in [6.45, 7) is 1.80. The van der Waals surface area contributed by atoms with Gasteiger partial charge < -0.3 is 14.8 Å². The molecule has 0 bridgehead atoms. The Morgan fingerprint density at radius 3 is 2.57 bits per heavy atom. The molecule has 1 aliphatic heterocycles. The van der Waals surface area contributed by atoms with Gasteiger partial charge in [0.2, 0.25) is 0 Å². The number of nitro groups is 1. The number of dihydropyridines is 1. The number of ketones is 1. The number of esters is 1. The number of methoxy groups -OCH3 is 1. The Labute approximate surface area is 215 Å². The van der Waals surface area contributed by atoms with E-state index in [4.69, 9.17) is 9.47 Å². The largest absolute Gasteiger partial charge is 0.496 e. The number of Topliss-reactive ketones (excluding diaryl/α,β-unsaturated/α-hetero) is 1. The zero-order valence-corrected chi connectivity index (χ0v) is 21.0. The van der Waals surface area contributed by atoms with Gasteiger partial charge in [0.05, 0.1) is 17.6 Å². The maximum Gasteiger partial charge on any atom is 0.337 e. The van der Waals surface area contributed by atoms with Crippen LogP contribution in [0.4, 0.5) is 5.69 Å². The van der Waals surface area contributed by atoms with Gasteiger partial charge in [-0.05, 0) is 56.2 Å². The van der Waals surface area contributed by atoms with Crippen LogP contribution in [0.3, 0.4) is 0 Å². The lowest BCUT2D eigenvalue weighted by Gasteiger charge is -2.37. The molecule has 1 fully saturated rings. The summed E-state index contributed by atoms with van der Waals surface area (Å²) in [6.07, 6.45) is 4.32. The first-order chi connectivity index (χ1) is 17.9. The van der Waals surface area contributed by atoms with Crippen molar-refractivity contribution in [2.75, 3.05) is 7.11 Å². The first-order valence-electron chi connectivity index (χ1n) is 12.7. The fourth-order valence-electron chi connectivity index (χ4n) is 5.91. The van der Waals surface area contributed by atoms with Gasteiger partial charge in [0.25, 0.3) is 5.69 Å². The molecule has 2 aromatic rings. The molecule has 0 unspecified atom stereocenters. The Balaban J connectivity index is 1.58. The summed E-state index contributed by atoms with van der Waals surface area (Å²) in [6, 6.07) is 13.9. The summed E-state index contributed by atoms with van der Waals surface area (Å²) >= 11 is 0. The predicted molar refractivity (Wildman–Crippen MR) is 137 cm³/mol. The lowest BCUT2D eigenvalue weighted by Crippen LogP contribution is -2.36. The van der Waals surface area contributed by atoms with E-state index in [0.29, 0.717) is 28.8 Å². The average Bonchev–Trinajstić information content (AvgIpc) is 3.40. The molecule has 8 nitrogen and oxygen atoms in total. The third-order valence-electron chi connectivity index (χ3n) is 7.62. The number of carbonyl (C=O) groups excluding carboxylic acids is 2. The highest BCUT2D eigenvalue weighted by atomic mass is 16.6. The average molecular weight is 503 g/mol. The van der Waals surface area contributed by atoms with Crippen molar-refractivity contribution in [2.45, 2.75) is 63.4 Å². The van der Waals surface area contributed by atoms with Crippen LogP contribution in [0.25, 0.3) is 0 Å². The minimum atomic E-state index is -0.740. The van der Waals surface area contributed by atoms with Crippen molar-refractivity contribution in [3.05, 3.63) is 92.3 Å². The number of ether oxygens (including phenoxy) is 2. The molecule has 0 amide bonds. The lowest BCUT2D eigenvalue weighted by atomic mass is 9.71. The molecule has 3 aliphatic rings. The van der Waals surface area contributed by atoms with Crippen LogP contribution in [-0.4, -0.2) is 29.9 Å². The highest BCUT2D eigenvalue weighted by Gasteiger charge is 2.42. The summed E-state index contributed by atoms with van der Waals surface area (Å²) in [7, 11) is 1.61. The van der Waals surface area contributed by atoms with Crippen LogP contribution in [0.1, 0.15) is 68.4 Å². The molecule has 0 radical (unpaired) electrons. The number of nitro benzene ring substituents is 1. The first kappa shape index (κ1) is 24.7. The summed E-state index contributed by atoms with van der Waals surface area (Å²) in [5.74, 6) is -0.681. The fourth-order valence-corrected chi connectivity index (χ4v) is 5.91. The van der Waals surface area contributed by atoms with Gasteiger partial charge >= 0.3 is 5.97 Å². The maximum atomic E-state index is 13.8. The van der Waals surface area contributed by atoms with Gasteiger partial charge in [0.15, 0.2) is 5.78 Å². The van der Waals surface area contributed by atoms with Crippen molar-refractivity contribution in [1.29, 1.82) is 0 Å². The predicted octanol–water partition coefficient (Wildman–Crippen LogP) is 5.45. The van der Waals surface area contributed by atoms with Crippen molar-refractivity contribution in [2.24, 2.45) is 0 Å². The van der Waals surface area contributed by atoms with Crippen LogP contribution >= 0.6 is 0 Å². The smallest absolute Gasteiger partial charge is 0.337 e. The highest BCUT2D eigenvalue weighted by molar-refractivity contribution is 6.04. The molecule has 1 N–H and O–H groups in total. The number of hydrogen-bond acceptors (Lipinski definition) is 7. The van der Waals surface area contributed by atoms with E-state index in [1.54, 1.807) is 26.2 Å². The third kappa shape index (κ3) is 4.75. The molecule has 1 heterocycles. The van der Waals surface area contributed by atoms with Gasteiger partial charge in [-0.2, -0.15) is 0 Å². The number of rotatable bonds is 6. The summed E-state index contributed by atoms with van der Waals surface area (Å²) in [5.41, 5.74) is 3.56. The number of nitrogens with one attached hydrogen (secondary N) is 1. The Morgan fingerprint density at radius 2 is 1.84 bits per heavy atom. The molecular weight excluding hydrogens is 472 g/mol. The van der Waals surface area contributed by atoms with Crippen LogP contribution in [0.15, 0.2) is 71.1 Å². The van der Waals surface area contributed by atoms with Gasteiger partial charge in [-0.1, -0.05) is 30.3 Å². The van der Waals surface area contributed by atoms with Crippen LogP contribution in [0, 0.1) is 10.1 Å². The topological polar surface area (TPSA) is 108 Å². The second-order valence-corrected chi connectivity index (χ2v) is 9.92. The van der Waals surface area contributed by atoms with E-state index in [1.165, 1.54) is 12.1 Å². The Hall–Kier alpha value is -3.94. The Morgan fingerprint density at radius 1 is 1.08 bits per heavy atom. The molecule has 5 rings (SSSR count). The second-order valence-electron chi connectivity index (χ2n) is 9.92. The highest BCUT2D eigenvalue weighted by Crippen LogP contribution is 2.47. The molecule has 1 saturated carbocycles. The van der Waals surface area contributed by atoms with E-state index in [9.17, 15) is 19.7 Å². The van der Waals surface area contributed by atoms with Crippen LogP contribution in [0.5, 0.6) is 5.75 Å². The van der Waals surface area contributed by atoms with Gasteiger partial charge in [-0.3, -0.25) is 14.9 Å². The maximum absolute atomic E-state index is 13.8. The standard InChI is InChI=1S/C29H30N2O6/c1-17-26(29(33)37-21-10-3-4-11-21)27(18-8-7-9-20(14-18)31(34)35)28-23(30-17)15-19(16-24(28)32)22-12-5-6-13-25(22)36-2/h5-9,12-14,19,21,27,30H,3-4,10-11,15-16H2,1-2H3/t19-,27-/m1/s1. The van der Waals surface area contributed by atoms with Crippen molar-refractivity contribution in [3.63, 3.8) is 0 Å². The van der Waals surface area contributed by atoms with Crippen LogP contribution in [-0.2, 0) is 14.3 Å². The van der Waals surface area contributed by atoms with E-state index >= 15 is 0 Å². The second kappa shape index (κ2) is 10.2. The zero-order valence-electron chi connectivity index (χ0n) is 21.0. The molecule has 0 aromatic heterocycles. The fraction of sp³-hybridized carbons (Fsp3) is 0.379. The van der Waals surface area contributed by atoms with Gasteiger partial charge in [0.1, 0.15) is 11.9 Å². The monoisotopic (exact) mass is 502 g/mol. The van der Waals surface area contributed by atoms with Gasteiger partial charge in [0, 0.05) is 47.4 Å². The summed E-state index contributed by atoms with van der Waals surface area (Å²) < 4.78 is 11.4. The number of para-hydroxylation sites is 1. The van der Waals surface area contributed by atoms with Crippen molar-refractivity contribution < 1.29 is 24.0 Å². The van der Waals surface area contributed by atoms with E-state index in [-0.39, 0.29) is 29.9 Å². The molecular formula is C29H30N2O6. The van der Waals surface area contributed by atoms with Crippen molar-refractivity contribution in [1.82, 2.24) is 5.32 Å². The molecule has 0 saturated heterocycles. The van der Waals surface area contributed by atoms with Crippen LogP contribution in [0.2, 0.25) is 0 Å². The first-order valence-corrected chi connectivity index (χ1v) is 12.7. The molecule has 2 atom stereocenters. The Bertz CT molecular complexity index is 1320. The van der Waals surface area contributed by atoms with E-state index in [2.05, 4.69) is 5.32 Å². The van der Waals surface area contributed by atoms with E-state index in [1.807, 2.05) is 24.3 Å². The molecule has 192 valence electrons. The van der Waals surface area contributed by atoms with E-state index < -0.39 is 16.8 Å². The molecule has 8 heteroatoms. The number of non-ortho nitro benzene ring substituents is 1. The zero-order chi connectivity index (χ0) is 26.1. The summed E-state index contributed by atoms with van der Waals surface area (Å²) in [5, 5.41) is 14.9. The summed E-state index contributed by atoms with van der Waals surface area (Å²) in [4.78, 5) is 38.4. The molecule has 2 aliphatic carbocycles. The van der Waals surface area contributed by atoms with Gasteiger partial charge in [-0.25, -0.2) is 4.79 Å². The molecule has 37 heavy (non-hydrogen) atoms. The van der Waals surface area contributed by atoms with Crippen molar-refractivity contribution in [3.8, 4) is 5.75 Å². The van der Waals surface area contributed by atoms with Crippen LogP contribution < -0.4 is 10.1 Å². The third-order valence-corrected chi connectivity index (χ3v) is 7.62. The molecule has 0 spiro atoms.